The van der Waals surface area contributed by atoms with Gasteiger partial charge in [0.15, 0.2) is 0 Å². The lowest BCUT2D eigenvalue weighted by Gasteiger charge is -2.36. The zero-order chi connectivity index (χ0) is 18.9. The van der Waals surface area contributed by atoms with Crippen molar-refractivity contribution in [3.63, 3.8) is 0 Å². The maximum atomic E-state index is 14.5. The minimum Gasteiger partial charge on any atom is -0.366 e. The predicted molar refractivity (Wildman–Crippen MR) is 97.4 cm³/mol. The second-order valence-electron chi connectivity index (χ2n) is 6.47. The van der Waals surface area contributed by atoms with Gasteiger partial charge in [0.2, 0.25) is 15.9 Å². The molecule has 0 bridgehead atoms. The van der Waals surface area contributed by atoms with Gasteiger partial charge in [0.25, 0.3) is 0 Å². The summed E-state index contributed by atoms with van der Waals surface area (Å²) in [6, 6.07) is 12.3. The molecule has 2 atom stereocenters. The molecule has 1 heterocycles. The van der Waals surface area contributed by atoms with Crippen LogP contribution < -0.4 is 5.73 Å². The molecule has 2 aromatic rings. The quantitative estimate of drug-likeness (QED) is 0.890. The van der Waals surface area contributed by atoms with E-state index in [1.807, 2.05) is 18.2 Å². The molecule has 7 heteroatoms. The monoisotopic (exact) mass is 376 g/mol. The summed E-state index contributed by atoms with van der Waals surface area (Å²) >= 11 is 0. The number of primary amides is 1. The van der Waals surface area contributed by atoms with Crippen molar-refractivity contribution in [3.05, 3.63) is 71.0 Å². The molecule has 0 radical (unpaired) electrons. The van der Waals surface area contributed by atoms with Crippen molar-refractivity contribution >= 4 is 15.9 Å². The number of amides is 1. The van der Waals surface area contributed by atoms with Crippen LogP contribution in [0.4, 0.5) is 4.39 Å². The zero-order valence-electron chi connectivity index (χ0n) is 14.4. The predicted octanol–water partition coefficient (Wildman–Crippen LogP) is 3.15. The number of nitrogens with zero attached hydrogens (tertiary/aromatic N) is 1. The van der Waals surface area contributed by atoms with E-state index in [0.717, 1.165) is 11.6 Å². The molecule has 0 spiro atoms. The van der Waals surface area contributed by atoms with Crippen LogP contribution in [0.1, 0.15) is 52.5 Å². The topological polar surface area (TPSA) is 80.5 Å². The van der Waals surface area contributed by atoms with Crippen molar-refractivity contribution in [1.29, 1.82) is 0 Å². The molecule has 2 N–H and O–H groups in total. The van der Waals surface area contributed by atoms with Crippen molar-refractivity contribution in [3.8, 4) is 0 Å². The molecule has 1 saturated heterocycles. The Morgan fingerprint density at radius 3 is 2.54 bits per heavy atom. The molecule has 138 valence electrons. The lowest BCUT2D eigenvalue weighted by molar-refractivity contribution is 0.0999. The van der Waals surface area contributed by atoms with Crippen molar-refractivity contribution in [1.82, 2.24) is 4.31 Å². The Hall–Kier alpha value is -2.25. The fourth-order valence-electron chi connectivity index (χ4n) is 3.47. The van der Waals surface area contributed by atoms with Gasteiger partial charge in [-0.2, -0.15) is 4.31 Å². The van der Waals surface area contributed by atoms with Crippen LogP contribution in [0.2, 0.25) is 0 Å². The number of sulfonamides is 1. The first-order chi connectivity index (χ1) is 12.3. The van der Waals surface area contributed by atoms with E-state index < -0.39 is 33.0 Å². The van der Waals surface area contributed by atoms with E-state index in [9.17, 15) is 17.6 Å². The highest BCUT2D eigenvalue weighted by atomic mass is 32.2. The highest BCUT2D eigenvalue weighted by Crippen LogP contribution is 2.39. The maximum Gasteiger partial charge on any atom is 0.248 e. The molecular formula is C19H21FN2O3S. The van der Waals surface area contributed by atoms with E-state index in [0.29, 0.717) is 19.4 Å². The van der Waals surface area contributed by atoms with E-state index in [1.54, 1.807) is 19.1 Å². The third-order valence-corrected chi connectivity index (χ3v) is 7.25. The first-order valence-corrected chi connectivity index (χ1v) is 9.97. The van der Waals surface area contributed by atoms with Crippen LogP contribution in [-0.2, 0) is 10.0 Å². The molecule has 1 aliphatic heterocycles. The summed E-state index contributed by atoms with van der Waals surface area (Å²) in [4.78, 5) is 11.2. The summed E-state index contributed by atoms with van der Waals surface area (Å²) in [5, 5.41) is -0.632. The van der Waals surface area contributed by atoms with Crippen LogP contribution in [0.3, 0.4) is 0 Å². The van der Waals surface area contributed by atoms with Gasteiger partial charge in [0, 0.05) is 23.7 Å². The molecule has 2 unspecified atom stereocenters. The Morgan fingerprint density at radius 1 is 1.23 bits per heavy atom. The number of halogens is 1. The van der Waals surface area contributed by atoms with Gasteiger partial charge in [0.05, 0.1) is 0 Å². The molecule has 0 saturated carbocycles. The van der Waals surface area contributed by atoms with Gasteiger partial charge in [0.1, 0.15) is 11.1 Å². The van der Waals surface area contributed by atoms with Crippen molar-refractivity contribution < 1.29 is 17.6 Å². The highest BCUT2D eigenvalue weighted by Gasteiger charge is 2.40. The van der Waals surface area contributed by atoms with Gasteiger partial charge in [-0.3, -0.25) is 4.79 Å². The lowest BCUT2D eigenvalue weighted by atomic mass is 10.0. The third kappa shape index (κ3) is 3.37. The molecule has 1 amide bonds. The SMILES string of the molecule is CC(c1ccc(C(N)=O)cc1F)N1CCCC(c2ccccc2)S1(=O)=O. The Morgan fingerprint density at radius 2 is 1.92 bits per heavy atom. The summed E-state index contributed by atoms with van der Waals surface area (Å²) in [7, 11) is -3.63. The van der Waals surface area contributed by atoms with Crippen LogP contribution in [0.5, 0.6) is 0 Å². The van der Waals surface area contributed by atoms with Gasteiger partial charge < -0.3 is 5.73 Å². The normalized spacial score (nSPS) is 21.2. The summed E-state index contributed by atoms with van der Waals surface area (Å²) in [6.45, 7) is 2.00. The number of nitrogens with two attached hydrogens (primary N) is 1. The fraction of sp³-hybridized carbons (Fsp3) is 0.316. The largest absolute Gasteiger partial charge is 0.366 e. The van der Waals surface area contributed by atoms with E-state index in [1.165, 1.54) is 16.4 Å². The molecule has 5 nitrogen and oxygen atoms in total. The molecule has 0 aromatic heterocycles. The lowest BCUT2D eigenvalue weighted by Crippen LogP contribution is -2.41. The van der Waals surface area contributed by atoms with Gasteiger partial charge in [-0.15, -0.1) is 0 Å². The summed E-state index contributed by atoms with van der Waals surface area (Å²) < 4.78 is 42.1. The minimum absolute atomic E-state index is 0.0575. The van der Waals surface area contributed by atoms with Crippen LogP contribution >= 0.6 is 0 Å². The number of carbonyl (C=O) groups excluding carboxylic acids is 1. The van der Waals surface area contributed by atoms with Gasteiger partial charge in [-0.05, 0) is 37.5 Å². The highest BCUT2D eigenvalue weighted by molar-refractivity contribution is 7.89. The molecule has 2 aromatic carbocycles. The Labute approximate surface area is 152 Å². The molecule has 1 fully saturated rings. The van der Waals surface area contributed by atoms with Crippen LogP contribution in [-0.4, -0.2) is 25.2 Å². The van der Waals surface area contributed by atoms with Crippen molar-refractivity contribution in [2.75, 3.05) is 6.54 Å². The Balaban J connectivity index is 1.94. The van der Waals surface area contributed by atoms with Crippen LogP contribution in [0.15, 0.2) is 48.5 Å². The van der Waals surface area contributed by atoms with Gasteiger partial charge >= 0.3 is 0 Å². The fourth-order valence-corrected chi connectivity index (χ4v) is 5.70. The van der Waals surface area contributed by atoms with Crippen molar-refractivity contribution in [2.45, 2.75) is 31.1 Å². The number of benzene rings is 2. The van der Waals surface area contributed by atoms with Gasteiger partial charge in [-0.1, -0.05) is 36.4 Å². The average Bonchev–Trinajstić information content (AvgIpc) is 2.61. The number of hydrogen-bond donors (Lipinski definition) is 1. The first-order valence-electron chi connectivity index (χ1n) is 8.47. The third-order valence-electron chi connectivity index (χ3n) is 4.87. The number of rotatable bonds is 4. The maximum absolute atomic E-state index is 14.5. The van der Waals surface area contributed by atoms with Crippen LogP contribution in [0.25, 0.3) is 0 Å². The second-order valence-corrected chi connectivity index (χ2v) is 8.54. The second kappa shape index (κ2) is 7.17. The first kappa shape index (κ1) is 18.5. The van der Waals surface area contributed by atoms with E-state index >= 15 is 0 Å². The smallest absolute Gasteiger partial charge is 0.248 e. The Bertz CT molecular complexity index is 916. The summed E-state index contributed by atoms with van der Waals surface area (Å²) in [6.07, 6.45) is 1.24. The van der Waals surface area contributed by atoms with E-state index in [4.69, 9.17) is 5.73 Å². The van der Waals surface area contributed by atoms with E-state index in [-0.39, 0.29) is 11.1 Å². The number of carbonyl (C=O) groups is 1. The molecule has 3 rings (SSSR count). The van der Waals surface area contributed by atoms with Crippen molar-refractivity contribution in [2.24, 2.45) is 5.73 Å². The zero-order valence-corrected chi connectivity index (χ0v) is 15.2. The standard InChI is InChI=1S/C19H21FN2O3S/c1-13(16-10-9-15(19(21)23)12-17(16)20)22-11-5-8-18(26(22,24)25)14-6-3-2-4-7-14/h2-4,6-7,9-10,12-13,18H,5,8,11H2,1H3,(H2,21,23). The molecule has 26 heavy (non-hydrogen) atoms. The van der Waals surface area contributed by atoms with Gasteiger partial charge in [-0.25, -0.2) is 12.8 Å². The number of hydrogen-bond acceptors (Lipinski definition) is 3. The minimum atomic E-state index is -3.63. The molecule has 0 aliphatic carbocycles. The Kier molecular flexibility index (Phi) is 5.11. The average molecular weight is 376 g/mol. The van der Waals surface area contributed by atoms with Crippen LogP contribution in [0, 0.1) is 5.82 Å². The van der Waals surface area contributed by atoms with E-state index in [2.05, 4.69) is 0 Å². The molecule has 1 aliphatic rings. The summed E-state index contributed by atoms with van der Waals surface area (Å²) in [5.74, 6) is -1.36. The molecular weight excluding hydrogens is 355 g/mol. The summed E-state index contributed by atoms with van der Waals surface area (Å²) in [5.41, 5.74) is 6.20.